The van der Waals surface area contributed by atoms with Crippen molar-refractivity contribution in [2.75, 3.05) is 7.11 Å². The van der Waals surface area contributed by atoms with Gasteiger partial charge in [-0.3, -0.25) is 4.79 Å². The second-order valence-corrected chi connectivity index (χ2v) is 5.00. The van der Waals surface area contributed by atoms with Crippen LogP contribution in [0, 0.1) is 0 Å². The summed E-state index contributed by atoms with van der Waals surface area (Å²) in [5, 5.41) is 30.3. The standard InChI is InChI=1S/C16H10O7/c1-21-15-9(18)5-7-11(19)10-6-3-2-4-8(17)13(6)22-16(10)23-14(7)12(15)20/h2-5,17-18,20H,1H3. The Kier molecular flexibility index (Phi) is 2.51. The first-order valence-electron chi connectivity index (χ1n) is 6.63. The molecule has 0 fully saturated rings. The van der Waals surface area contributed by atoms with Crippen molar-refractivity contribution in [1.82, 2.24) is 0 Å². The van der Waals surface area contributed by atoms with Crippen molar-refractivity contribution >= 4 is 33.1 Å². The monoisotopic (exact) mass is 314 g/mol. The lowest BCUT2D eigenvalue weighted by molar-refractivity contribution is 0.343. The molecule has 0 radical (unpaired) electrons. The first-order chi connectivity index (χ1) is 11.0. The molecule has 2 aromatic heterocycles. The second kappa shape index (κ2) is 4.33. The number of methoxy groups -OCH3 is 1. The van der Waals surface area contributed by atoms with Crippen molar-refractivity contribution in [3.63, 3.8) is 0 Å². The van der Waals surface area contributed by atoms with Gasteiger partial charge in [0.2, 0.25) is 16.9 Å². The third kappa shape index (κ3) is 1.61. The van der Waals surface area contributed by atoms with E-state index in [4.69, 9.17) is 13.6 Å². The number of hydrogen-bond donors (Lipinski definition) is 3. The summed E-state index contributed by atoms with van der Waals surface area (Å²) in [6.07, 6.45) is 0. The molecule has 0 aliphatic heterocycles. The molecule has 23 heavy (non-hydrogen) atoms. The number of phenols is 3. The first-order valence-corrected chi connectivity index (χ1v) is 6.63. The van der Waals surface area contributed by atoms with E-state index in [2.05, 4.69) is 0 Å². The number of aromatic hydroxyl groups is 3. The Hall–Kier alpha value is -3.35. The second-order valence-electron chi connectivity index (χ2n) is 5.00. The lowest BCUT2D eigenvalue weighted by Crippen LogP contribution is -2.01. The highest BCUT2D eigenvalue weighted by Crippen LogP contribution is 2.43. The summed E-state index contributed by atoms with van der Waals surface area (Å²) in [7, 11) is 1.26. The molecule has 0 bridgehead atoms. The number of ether oxygens (including phenoxy) is 1. The van der Waals surface area contributed by atoms with Crippen molar-refractivity contribution in [3.05, 3.63) is 34.5 Å². The van der Waals surface area contributed by atoms with Gasteiger partial charge < -0.3 is 28.9 Å². The van der Waals surface area contributed by atoms with Crippen molar-refractivity contribution in [3.8, 4) is 23.0 Å². The van der Waals surface area contributed by atoms with Crippen molar-refractivity contribution in [2.24, 2.45) is 0 Å². The molecule has 0 amide bonds. The van der Waals surface area contributed by atoms with Gasteiger partial charge >= 0.3 is 5.78 Å². The highest BCUT2D eigenvalue weighted by atomic mass is 16.5. The summed E-state index contributed by atoms with van der Waals surface area (Å²) in [5.41, 5.74) is -0.566. The molecule has 0 atom stereocenters. The quantitative estimate of drug-likeness (QED) is 0.495. The third-order valence-electron chi connectivity index (χ3n) is 3.72. The smallest absolute Gasteiger partial charge is 0.303 e. The van der Waals surface area contributed by atoms with Crippen LogP contribution in [0.2, 0.25) is 0 Å². The van der Waals surface area contributed by atoms with Gasteiger partial charge in [-0.25, -0.2) is 0 Å². The van der Waals surface area contributed by atoms with Crippen LogP contribution in [0.3, 0.4) is 0 Å². The zero-order valence-electron chi connectivity index (χ0n) is 11.8. The predicted octanol–water partition coefficient (Wildman–Crippen LogP) is 2.82. The van der Waals surface area contributed by atoms with Crippen molar-refractivity contribution in [2.45, 2.75) is 0 Å². The fourth-order valence-corrected chi connectivity index (χ4v) is 2.69. The molecule has 0 aliphatic carbocycles. The molecule has 4 rings (SSSR count). The Morgan fingerprint density at radius 1 is 1.00 bits per heavy atom. The normalized spacial score (nSPS) is 11.5. The summed E-state index contributed by atoms with van der Waals surface area (Å²) < 4.78 is 15.8. The maximum atomic E-state index is 12.7. The molecule has 7 heteroatoms. The molecule has 2 heterocycles. The molecule has 0 unspecified atom stereocenters. The van der Waals surface area contributed by atoms with E-state index < -0.39 is 11.2 Å². The number of fused-ring (bicyclic) bond motifs is 4. The molecule has 2 aromatic carbocycles. The SMILES string of the molecule is COc1c(O)cc2c(=O)c3c(oc2c1O)oc1c(O)cccc13. The van der Waals surface area contributed by atoms with E-state index in [1.807, 2.05) is 0 Å². The number of phenolic OH excluding ortho intramolecular Hbond substituents is 3. The minimum atomic E-state index is -0.508. The maximum Gasteiger partial charge on any atom is 0.303 e. The Morgan fingerprint density at radius 2 is 1.74 bits per heavy atom. The van der Waals surface area contributed by atoms with E-state index in [1.165, 1.54) is 13.2 Å². The third-order valence-corrected chi connectivity index (χ3v) is 3.72. The first kappa shape index (κ1) is 13.3. The summed E-state index contributed by atoms with van der Waals surface area (Å²) in [6, 6.07) is 5.74. The van der Waals surface area contributed by atoms with Gasteiger partial charge in [0.1, 0.15) is 5.39 Å². The molecule has 0 saturated carbocycles. The Morgan fingerprint density at radius 3 is 2.48 bits per heavy atom. The fraction of sp³-hybridized carbons (Fsp3) is 0.0625. The maximum absolute atomic E-state index is 12.7. The molecule has 0 saturated heterocycles. The van der Waals surface area contributed by atoms with Crippen LogP contribution in [-0.2, 0) is 0 Å². The zero-order chi connectivity index (χ0) is 16.3. The van der Waals surface area contributed by atoms with Crippen LogP contribution in [-0.4, -0.2) is 22.4 Å². The molecular weight excluding hydrogens is 304 g/mol. The van der Waals surface area contributed by atoms with E-state index in [9.17, 15) is 20.1 Å². The van der Waals surface area contributed by atoms with Gasteiger partial charge in [0.25, 0.3) is 0 Å². The molecule has 0 spiro atoms. The van der Waals surface area contributed by atoms with Crippen molar-refractivity contribution in [1.29, 1.82) is 0 Å². The van der Waals surface area contributed by atoms with Crippen LogP contribution in [0.5, 0.6) is 23.0 Å². The summed E-state index contributed by atoms with van der Waals surface area (Å²) in [6.45, 7) is 0. The van der Waals surface area contributed by atoms with E-state index in [1.54, 1.807) is 12.1 Å². The van der Waals surface area contributed by atoms with Gasteiger partial charge in [-0.1, -0.05) is 6.07 Å². The summed E-state index contributed by atoms with van der Waals surface area (Å²) >= 11 is 0. The molecule has 4 aromatic rings. The molecule has 0 aliphatic rings. The van der Waals surface area contributed by atoms with E-state index in [0.717, 1.165) is 6.07 Å². The average molecular weight is 314 g/mol. The molecule has 7 nitrogen and oxygen atoms in total. The lowest BCUT2D eigenvalue weighted by Gasteiger charge is -2.07. The molecule has 116 valence electrons. The highest BCUT2D eigenvalue weighted by molar-refractivity contribution is 6.08. The van der Waals surface area contributed by atoms with Gasteiger partial charge in [0, 0.05) is 5.39 Å². The van der Waals surface area contributed by atoms with Gasteiger partial charge in [-0.2, -0.15) is 0 Å². The summed E-state index contributed by atoms with van der Waals surface area (Å²) in [5.74, 6) is -1.38. The highest BCUT2D eigenvalue weighted by Gasteiger charge is 2.22. The number of rotatable bonds is 1. The van der Waals surface area contributed by atoms with Crippen LogP contribution in [0.15, 0.2) is 37.9 Å². The fourth-order valence-electron chi connectivity index (χ4n) is 2.69. The van der Waals surface area contributed by atoms with Crippen LogP contribution >= 0.6 is 0 Å². The number of benzene rings is 2. The Labute approximate surface area is 127 Å². The minimum absolute atomic E-state index is 0.0284. The van der Waals surface area contributed by atoms with Crippen LogP contribution in [0.4, 0.5) is 0 Å². The van der Waals surface area contributed by atoms with E-state index in [-0.39, 0.29) is 45.0 Å². The molecule has 3 N–H and O–H groups in total. The van der Waals surface area contributed by atoms with Crippen molar-refractivity contribution < 1.29 is 28.9 Å². The van der Waals surface area contributed by atoms with Crippen LogP contribution < -0.4 is 10.2 Å². The predicted molar refractivity (Wildman–Crippen MR) is 81.3 cm³/mol. The van der Waals surface area contributed by atoms with Gasteiger partial charge in [-0.05, 0) is 18.2 Å². The van der Waals surface area contributed by atoms with Crippen LogP contribution in [0.25, 0.3) is 33.1 Å². The van der Waals surface area contributed by atoms with Gasteiger partial charge in [0.15, 0.2) is 22.7 Å². The largest absolute Gasteiger partial charge is 0.504 e. The lowest BCUT2D eigenvalue weighted by atomic mass is 10.1. The Balaban J connectivity index is 2.29. The van der Waals surface area contributed by atoms with Crippen LogP contribution in [0.1, 0.15) is 0 Å². The number of furan rings is 1. The minimum Gasteiger partial charge on any atom is -0.504 e. The zero-order valence-corrected chi connectivity index (χ0v) is 11.8. The van der Waals surface area contributed by atoms with E-state index in [0.29, 0.717) is 5.39 Å². The van der Waals surface area contributed by atoms with Gasteiger partial charge in [-0.15, -0.1) is 0 Å². The number of hydrogen-bond acceptors (Lipinski definition) is 7. The van der Waals surface area contributed by atoms with E-state index >= 15 is 0 Å². The Bertz CT molecular complexity index is 1150. The average Bonchev–Trinajstić information content (AvgIpc) is 2.90. The number of para-hydroxylation sites is 1. The molecular formula is C16H10O7. The topological polar surface area (TPSA) is 113 Å². The summed E-state index contributed by atoms with van der Waals surface area (Å²) in [4.78, 5) is 12.7. The van der Waals surface area contributed by atoms with Gasteiger partial charge in [0.05, 0.1) is 12.5 Å².